The first-order chi connectivity index (χ1) is 14.2. The topological polar surface area (TPSA) is 77.5 Å². The lowest BCUT2D eigenvalue weighted by Gasteiger charge is -2.06. The van der Waals surface area contributed by atoms with Crippen molar-refractivity contribution in [1.29, 1.82) is 0 Å². The molecule has 0 saturated heterocycles. The summed E-state index contributed by atoms with van der Waals surface area (Å²) in [6.45, 7) is 3.06. The van der Waals surface area contributed by atoms with Crippen LogP contribution in [0.3, 0.4) is 0 Å². The van der Waals surface area contributed by atoms with E-state index in [9.17, 15) is 4.79 Å². The number of unbranched alkanes of at least 4 members (excludes halogenated alkanes) is 1. The van der Waals surface area contributed by atoms with Gasteiger partial charge in [-0.1, -0.05) is 36.7 Å². The molecule has 0 fully saturated rings. The third kappa shape index (κ3) is 4.48. The number of amides is 1. The van der Waals surface area contributed by atoms with Gasteiger partial charge in [0.1, 0.15) is 17.0 Å². The Hall–Kier alpha value is -3.54. The second kappa shape index (κ2) is 8.65. The Labute approximate surface area is 168 Å². The minimum atomic E-state index is -0.182. The molecule has 148 valence electrons. The summed E-state index contributed by atoms with van der Waals surface area (Å²) < 4.78 is 16.8. The summed E-state index contributed by atoms with van der Waals surface area (Å²) in [5.74, 6) is 1.72. The lowest BCUT2D eigenvalue weighted by molar-refractivity contribution is 0.0950. The molecule has 29 heavy (non-hydrogen) atoms. The van der Waals surface area contributed by atoms with Crippen LogP contribution in [0.25, 0.3) is 22.5 Å². The first-order valence-corrected chi connectivity index (χ1v) is 9.68. The number of benzene rings is 2. The number of fused-ring (bicyclic) bond motifs is 1. The summed E-state index contributed by atoms with van der Waals surface area (Å²) in [6.07, 6.45) is 2.09. The lowest BCUT2D eigenvalue weighted by atomic mass is 10.2. The van der Waals surface area contributed by atoms with E-state index in [1.54, 1.807) is 30.3 Å². The molecule has 0 unspecified atom stereocenters. The number of hydrogen-bond acceptors (Lipinski definition) is 5. The van der Waals surface area contributed by atoms with Gasteiger partial charge in [-0.2, -0.15) is 0 Å². The molecule has 4 rings (SSSR count). The highest BCUT2D eigenvalue weighted by atomic mass is 16.5. The Kier molecular flexibility index (Phi) is 5.61. The van der Waals surface area contributed by atoms with E-state index in [2.05, 4.69) is 17.4 Å². The fourth-order valence-electron chi connectivity index (χ4n) is 2.92. The van der Waals surface area contributed by atoms with Gasteiger partial charge in [0, 0.05) is 17.0 Å². The van der Waals surface area contributed by atoms with E-state index in [0.717, 1.165) is 29.6 Å². The molecule has 2 aromatic carbocycles. The van der Waals surface area contributed by atoms with Gasteiger partial charge in [0.25, 0.3) is 5.91 Å². The molecule has 0 radical (unpaired) electrons. The van der Waals surface area contributed by atoms with Gasteiger partial charge in [-0.3, -0.25) is 4.79 Å². The van der Waals surface area contributed by atoms with Gasteiger partial charge in [-0.15, -0.1) is 0 Å². The summed E-state index contributed by atoms with van der Waals surface area (Å²) >= 11 is 0. The Balaban J connectivity index is 1.35. The molecule has 6 nitrogen and oxygen atoms in total. The van der Waals surface area contributed by atoms with Crippen LogP contribution in [0, 0.1) is 0 Å². The number of para-hydroxylation sites is 1. The number of aromatic nitrogens is 1. The Morgan fingerprint density at radius 2 is 1.90 bits per heavy atom. The minimum Gasteiger partial charge on any atom is -0.494 e. The molecule has 0 saturated carbocycles. The van der Waals surface area contributed by atoms with Gasteiger partial charge in [0.15, 0.2) is 5.76 Å². The van der Waals surface area contributed by atoms with E-state index in [0.29, 0.717) is 29.4 Å². The highest BCUT2D eigenvalue weighted by molar-refractivity contribution is 5.94. The normalized spacial score (nSPS) is 10.9. The van der Waals surface area contributed by atoms with Gasteiger partial charge in [-0.25, -0.2) is 0 Å². The van der Waals surface area contributed by atoms with Crippen LogP contribution >= 0.6 is 0 Å². The number of nitrogens with one attached hydrogen (secondary N) is 1. The van der Waals surface area contributed by atoms with Crippen molar-refractivity contribution < 1.29 is 18.5 Å². The van der Waals surface area contributed by atoms with Gasteiger partial charge in [0.05, 0.1) is 13.2 Å². The fourth-order valence-corrected chi connectivity index (χ4v) is 2.92. The van der Waals surface area contributed by atoms with Gasteiger partial charge < -0.3 is 19.0 Å². The SMILES string of the molecule is CCCCOc1ccc(C(=O)NCc2cc(-c3cc4ccccc4o3)on2)cc1. The smallest absolute Gasteiger partial charge is 0.251 e. The molecule has 1 amide bonds. The van der Waals surface area contributed by atoms with Crippen LogP contribution in [0.5, 0.6) is 5.75 Å². The number of furan rings is 1. The monoisotopic (exact) mass is 390 g/mol. The molecule has 2 aromatic heterocycles. The quantitative estimate of drug-likeness (QED) is 0.419. The van der Waals surface area contributed by atoms with Crippen LogP contribution in [-0.4, -0.2) is 17.7 Å². The largest absolute Gasteiger partial charge is 0.494 e. The average molecular weight is 390 g/mol. The van der Waals surface area contributed by atoms with Crippen LogP contribution in [-0.2, 0) is 6.54 Å². The third-order valence-corrected chi connectivity index (χ3v) is 4.54. The number of nitrogens with zero attached hydrogens (tertiary/aromatic N) is 1. The predicted molar refractivity (Wildman–Crippen MR) is 110 cm³/mol. The predicted octanol–water partition coefficient (Wildman–Crippen LogP) is 5.20. The van der Waals surface area contributed by atoms with Crippen molar-refractivity contribution in [1.82, 2.24) is 10.5 Å². The van der Waals surface area contributed by atoms with Crippen molar-refractivity contribution in [3.8, 4) is 17.3 Å². The second-order valence-electron chi connectivity index (χ2n) is 6.74. The van der Waals surface area contributed by atoms with Crippen LogP contribution in [0.15, 0.2) is 69.6 Å². The van der Waals surface area contributed by atoms with E-state index in [4.69, 9.17) is 13.7 Å². The molecule has 0 aliphatic heterocycles. The molecule has 0 atom stereocenters. The van der Waals surface area contributed by atoms with Crippen LogP contribution in [0.1, 0.15) is 35.8 Å². The summed E-state index contributed by atoms with van der Waals surface area (Å²) in [5.41, 5.74) is 1.97. The van der Waals surface area contributed by atoms with Crippen molar-refractivity contribution in [2.75, 3.05) is 6.61 Å². The molecule has 2 heterocycles. The molecule has 0 aliphatic carbocycles. The number of carbonyl (C=O) groups is 1. The maximum atomic E-state index is 12.4. The van der Waals surface area contributed by atoms with E-state index in [-0.39, 0.29) is 12.5 Å². The molecule has 1 N–H and O–H groups in total. The third-order valence-electron chi connectivity index (χ3n) is 4.54. The zero-order valence-electron chi connectivity index (χ0n) is 16.2. The first kappa shape index (κ1) is 18.8. The van der Waals surface area contributed by atoms with Crippen molar-refractivity contribution in [2.45, 2.75) is 26.3 Å². The second-order valence-corrected chi connectivity index (χ2v) is 6.74. The molecule has 0 bridgehead atoms. The maximum absolute atomic E-state index is 12.4. The number of hydrogen-bond donors (Lipinski definition) is 1. The van der Waals surface area contributed by atoms with Crippen molar-refractivity contribution >= 4 is 16.9 Å². The summed E-state index contributed by atoms with van der Waals surface area (Å²) in [4.78, 5) is 12.4. The number of rotatable bonds is 8. The number of carbonyl (C=O) groups excluding carboxylic acids is 1. The van der Waals surface area contributed by atoms with Gasteiger partial charge in [-0.05, 0) is 42.8 Å². The Morgan fingerprint density at radius 1 is 1.07 bits per heavy atom. The molecular weight excluding hydrogens is 368 g/mol. The summed E-state index contributed by atoms with van der Waals surface area (Å²) in [5, 5.41) is 7.86. The molecular formula is C23H22N2O4. The molecule has 6 heteroatoms. The molecule has 0 spiro atoms. The van der Waals surface area contributed by atoms with Gasteiger partial charge in [0.2, 0.25) is 5.76 Å². The zero-order chi connectivity index (χ0) is 20.1. The number of ether oxygens (including phenoxy) is 1. The lowest BCUT2D eigenvalue weighted by Crippen LogP contribution is -2.22. The first-order valence-electron chi connectivity index (χ1n) is 9.68. The van der Waals surface area contributed by atoms with E-state index in [1.165, 1.54) is 0 Å². The van der Waals surface area contributed by atoms with Crippen LogP contribution in [0.4, 0.5) is 0 Å². The van der Waals surface area contributed by atoms with E-state index in [1.807, 2.05) is 30.3 Å². The summed E-state index contributed by atoms with van der Waals surface area (Å²) in [7, 11) is 0. The maximum Gasteiger partial charge on any atom is 0.251 e. The van der Waals surface area contributed by atoms with E-state index < -0.39 is 0 Å². The minimum absolute atomic E-state index is 0.182. The summed E-state index contributed by atoms with van der Waals surface area (Å²) in [6, 6.07) is 18.5. The Bertz CT molecular complexity index is 1060. The van der Waals surface area contributed by atoms with E-state index >= 15 is 0 Å². The average Bonchev–Trinajstić information content (AvgIpc) is 3.39. The highest BCUT2D eigenvalue weighted by Gasteiger charge is 2.13. The van der Waals surface area contributed by atoms with Crippen LogP contribution in [0.2, 0.25) is 0 Å². The zero-order valence-corrected chi connectivity index (χ0v) is 16.2. The molecule has 0 aliphatic rings. The molecule has 4 aromatic rings. The Morgan fingerprint density at radius 3 is 2.69 bits per heavy atom. The van der Waals surface area contributed by atoms with Gasteiger partial charge >= 0.3 is 0 Å². The standard InChI is InChI=1S/C23H22N2O4/c1-2-3-12-27-19-10-8-16(9-11-19)23(26)24-15-18-14-22(29-25-18)21-13-17-6-4-5-7-20(17)28-21/h4-11,13-14H,2-3,12,15H2,1H3,(H,24,26). The van der Waals surface area contributed by atoms with Crippen molar-refractivity contribution in [2.24, 2.45) is 0 Å². The van der Waals surface area contributed by atoms with Crippen molar-refractivity contribution in [3.05, 3.63) is 71.9 Å². The fraction of sp³-hybridized carbons (Fsp3) is 0.217. The van der Waals surface area contributed by atoms with Crippen LogP contribution < -0.4 is 10.1 Å². The van der Waals surface area contributed by atoms with Crippen molar-refractivity contribution in [3.63, 3.8) is 0 Å². The highest BCUT2D eigenvalue weighted by Crippen LogP contribution is 2.28.